The molecular formula is C25H31N5O5S. The molecule has 4 rings (SSSR count). The van der Waals surface area contributed by atoms with E-state index in [1.807, 2.05) is 41.0 Å². The molecule has 1 aliphatic rings. The van der Waals surface area contributed by atoms with Gasteiger partial charge in [0, 0.05) is 62.1 Å². The Morgan fingerprint density at radius 1 is 1.03 bits per heavy atom. The quantitative estimate of drug-likeness (QED) is 0.366. The maximum absolute atomic E-state index is 13.3. The Labute approximate surface area is 212 Å². The molecule has 0 aliphatic carbocycles. The van der Waals surface area contributed by atoms with Crippen molar-refractivity contribution in [3.8, 4) is 0 Å². The molecule has 1 unspecified atom stereocenters. The van der Waals surface area contributed by atoms with E-state index >= 15 is 0 Å². The van der Waals surface area contributed by atoms with Gasteiger partial charge in [0.15, 0.2) is 0 Å². The summed E-state index contributed by atoms with van der Waals surface area (Å²) in [6.45, 7) is 5.43. The van der Waals surface area contributed by atoms with Crippen LogP contribution in [0.25, 0.3) is 20.3 Å². The van der Waals surface area contributed by atoms with Gasteiger partial charge in [-0.05, 0) is 30.7 Å². The Hall–Kier alpha value is -2.96. The molecule has 1 aliphatic heterocycles. The van der Waals surface area contributed by atoms with E-state index in [0.29, 0.717) is 56.7 Å². The van der Waals surface area contributed by atoms with Crippen molar-refractivity contribution in [3.63, 3.8) is 0 Å². The van der Waals surface area contributed by atoms with Crippen LogP contribution in [0.2, 0.25) is 0 Å². The molecule has 2 aromatic heterocycles. The molecule has 1 saturated heterocycles. The topological polar surface area (TPSA) is 135 Å². The van der Waals surface area contributed by atoms with Gasteiger partial charge < -0.3 is 20.8 Å². The van der Waals surface area contributed by atoms with Crippen molar-refractivity contribution in [3.05, 3.63) is 52.3 Å². The molecule has 1 aromatic carbocycles. The van der Waals surface area contributed by atoms with Crippen LogP contribution in [0, 0.1) is 0 Å². The van der Waals surface area contributed by atoms with E-state index in [9.17, 15) is 24.6 Å². The van der Waals surface area contributed by atoms with Crippen LogP contribution in [0.1, 0.15) is 12.5 Å². The van der Waals surface area contributed by atoms with Gasteiger partial charge in [0.2, 0.25) is 5.43 Å². The van der Waals surface area contributed by atoms with Crippen molar-refractivity contribution in [2.24, 2.45) is 0 Å². The van der Waals surface area contributed by atoms with Crippen molar-refractivity contribution in [2.75, 3.05) is 58.9 Å². The summed E-state index contributed by atoms with van der Waals surface area (Å²) >= 11 is 1.49. The van der Waals surface area contributed by atoms with Gasteiger partial charge in [-0.2, -0.15) is 0 Å². The number of carboxylic acids is 2. The molecule has 0 amide bonds. The third-order valence-corrected chi connectivity index (χ3v) is 7.86. The standard InChI is InChI=1S/C25H31N5O5S/c1-25(18-6-7-28-22-23(35)17-4-2-3-5-19(17)36-24(18)22)16-27-9-12-29(14-20(31)32)11-8-26-10-13-30(25)15-21(33)34/h2-7,26-27H,8-16H2,1H3,(H,31,32)(H,33,34). The molecule has 1 fully saturated rings. The first-order chi connectivity index (χ1) is 17.3. The lowest BCUT2D eigenvalue weighted by atomic mass is 9.89. The average molecular weight is 514 g/mol. The van der Waals surface area contributed by atoms with E-state index in [1.165, 1.54) is 11.3 Å². The summed E-state index contributed by atoms with van der Waals surface area (Å²) in [7, 11) is 0. The summed E-state index contributed by atoms with van der Waals surface area (Å²) in [6, 6.07) is 9.31. The lowest BCUT2D eigenvalue weighted by Gasteiger charge is -2.42. The molecule has 1 atom stereocenters. The summed E-state index contributed by atoms with van der Waals surface area (Å²) in [6.07, 6.45) is 1.62. The fourth-order valence-corrected chi connectivity index (χ4v) is 6.04. The first-order valence-electron chi connectivity index (χ1n) is 11.9. The number of carboxylic acid groups (broad SMARTS) is 2. The van der Waals surface area contributed by atoms with Crippen molar-refractivity contribution >= 4 is 43.6 Å². The molecule has 3 heterocycles. The smallest absolute Gasteiger partial charge is 0.317 e. The Morgan fingerprint density at radius 3 is 2.47 bits per heavy atom. The number of benzene rings is 1. The first kappa shape index (κ1) is 26.1. The number of nitrogens with one attached hydrogen (secondary N) is 2. The summed E-state index contributed by atoms with van der Waals surface area (Å²) in [5.41, 5.74) is 0.309. The Bertz CT molecular complexity index is 1310. The van der Waals surface area contributed by atoms with Gasteiger partial charge in [-0.1, -0.05) is 12.1 Å². The second-order valence-electron chi connectivity index (χ2n) is 9.15. The number of hydrogen-bond acceptors (Lipinski definition) is 9. The van der Waals surface area contributed by atoms with E-state index in [1.54, 1.807) is 12.3 Å². The third kappa shape index (κ3) is 5.71. The van der Waals surface area contributed by atoms with Crippen LogP contribution in [0.4, 0.5) is 0 Å². The summed E-state index contributed by atoms with van der Waals surface area (Å²) < 4.78 is 1.60. The number of nitrogens with zero attached hydrogens (tertiary/aromatic N) is 3. The first-order valence-corrected chi connectivity index (χ1v) is 12.7. The molecule has 36 heavy (non-hydrogen) atoms. The molecule has 4 N–H and O–H groups in total. The van der Waals surface area contributed by atoms with Gasteiger partial charge >= 0.3 is 11.9 Å². The van der Waals surface area contributed by atoms with E-state index < -0.39 is 17.5 Å². The second-order valence-corrected chi connectivity index (χ2v) is 10.2. The number of aromatic nitrogens is 1. The highest BCUT2D eigenvalue weighted by molar-refractivity contribution is 7.24. The SMILES string of the molecule is CC1(c2ccnc3c(=O)c4ccccc4sc23)CNCCN(CC(=O)O)CCNCCN1CC(=O)O. The molecule has 0 bridgehead atoms. The van der Waals surface area contributed by atoms with Crippen molar-refractivity contribution < 1.29 is 19.8 Å². The van der Waals surface area contributed by atoms with Crippen LogP contribution in [0.15, 0.2) is 41.3 Å². The molecule has 0 radical (unpaired) electrons. The van der Waals surface area contributed by atoms with E-state index in [4.69, 9.17) is 0 Å². The lowest BCUT2D eigenvalue weighted by Crippen LogP contribution is -2.55. The Kier molecular flexibility index (Phi) is 8.27. The highest BCUT2D eigenvalue weighted by atomic mass is 32.1. The highest BCUT2D eigenvalue weighted by Gasteiger charge is 2.37. The summed E-state index contributed by atoms with van der Waals surface area (Å²) in [5.74, 6) is -1.80. The Morgan fingerprint density at radius 2 is 1.72 bits per heavy atom. The van der Waals surface area contributed by atoms with Gasteiger partial charge in [-0.3, -0.25) is 29.2 Å². The van der Waals surface area contributed by atoms with Crippen LogP contribution in [0.5, 0.6) is 0 Å². The van der Waals surface area contributed by atoms with Crippen molar-refractivity contribution in [1.29, 1.82) is 0 Å². The minimum Gasteiger partial charge on any atom is -0.480 e. The number of rotatable bonds is 5. The van der Waals surface area contributed by atoms with Crippen LogP contribution >= 0.6 is 11.3 Å². The van der Waals surface area contributed by atoms with Gasteiger partial charge in [0.05, 0.1) is 23.3 Å². The van der Waals surface area contributed by atoms with Crippen LogP contribution in [-0.4, -0.2) is 95.8 Å². The van der Waals surface area contributed by atoms with Gasteiger partial charge in [-0.25, -0.2) is 0 Å². The Balaban J connectivity index is 1.78. The summed E-state index contributed by atoms with van der Waals surface area (Å²) in [4.78, 5) is 44.6. The van der Waals surface area contributed by atoms with E-state index in [0.717, 1.165) is 15.0 Å². The number of hydrogen-bond donors (Lipinski definition) is 4. The summed E-state index contributed by atoms with van der Waals surface area (Å²) in [5, 5.41) is 26.3. The third-order valence-electron chi connectivity index (χ3n) is 6.66. The molecule has 0 saturated carbocycles. The number of aliphatic carboxylic acids is 2. The van der Waals surface area contributed by atoms with E-state index in [2.05, 4.69) is 15.6 Å². The zero-order chi connectivity index (χ0) is 25.7. The number of fused-ring (bicyclic) bond motifs is 2. The highest BCUT2D eigenvalue weighted by Crippen LogP contribution is 2.36. The molecule has 192 valence electrons. The van der Waals surface area contributed by atoms with E-state index in [-0.39, 0.29) is 18.5 Å². The average Bonchev–Trinajstić information content (AvgIpc) is 2.84. The monoisotopic (exact) mass is 513 g/mol. The fourth-order valence-electron chi connectivity index (χ4n) is 4.77. The maximum atomic E-state index is 13.3. The maximum Gasteiger partial charge on any atom is 0.317 e. The fraction of sp³-hybridized carbons (Fsp3) is 0.440. The predicted octanol–water partition coefficient (Wildman–Crippen LogP) is 0.991. The molecule has 11 heteroatoms. The van der Waals surface area contributed by atoms with Gasteiger partial charge in [-0.15, -0.1) is 11.3 Å². The van der Waals surface area contributed by atoms with Crippen molar-refractivity contribution in [2.45, 2.75) is 12.5 Å². The largest absolute Gasteiger partial charge is 0.480 e. The predicted molar refractivity (Wildman–Crippen MR) is 140 cm³/mol. The van der Waals surface area contributed by atoms with Crippen LogP contribution < -0.4 is 16.1 Å². The molecular weight excluding hydrogens is 482 g/mol. The minimum atomic E-state index is -0.932. The van der Waals surface area contributed by atoms with Gasteiger partial charge in [0.1, 0.15) is 5.52 Å². The van der Waals surface area contributed by atoms with Crippen LogP contribution in [0.3, 0.4) is 0 Å². The molecule has 3 aromatic rings. The molecule has 0 spiro atoms. The lowest BCUT2D eigenvalue weighted by molar-refractivity contribution is -0.140. The number of carbonyl (C=O) groups is 2. The van der Waals surface area contributed by atoms with Crippen molar-refractivity contribution in [1.82, 2.24) is 25.4 Å². The normalized spacial score (nSPS) is 21.1. The zero-order valence-electron chi connectivity index (χ0n) is 20.2. The molecule has 10 nitrogen and oxygen atoms in total. The minimum absolute atomic E-state index is 0.0399. The van der Waals surface area contributed by atoms with Gasteiger partial charge in [0.25, 0.3) is 0 Å². The number of pyridine rings is 1. The van der Waals surface area contributed by atoms with Crippen LogP contribution in [-0.2, 0) is 15.1 Å². The zero-order valence-corrected chi connectivity index (χ0v) is 21.0. The second kappa shape index (κ2) is 11.4.